The Morgan fingerprint density at radius 2 is 1.74 bits per heavy atom. The Balaban J connectivity index is 2.11. The molecule has 0 fully saturated rings. The van der Waals surface area contributed by atoms with E-state index in [-0.39, 0.29) is 18.6 Å². The molecule has 3 amide bonds. The van der Waals surface area contributed by atoms with Gasteiger partial charge in [0.15, 0.2) is 0 Å². The molecule has 0 aliphatic heterocycles. The molecule has 13 heteroatoms. The number of aromatic hydroxyl groups is 1. The van der Waals surface area contributed by atoms with Crippen LogP contribution in [0.25, 0.3) is 0 Å². The minimum Gasteiger partial charge on any atom is -0.508 e. The van der Waals surface area contributed by atoms with Gasteiger partial charge in [0, 0.05) is 18.3 Å². The molecule has 4 atom stereocenters. The number of carbonyl (C=O) groups excluding carboxylic acids is 3. The fourth-order valence-electron chi connectivity index (χ4n) is 3.01. The zero-order valence-electron chi connectivity index (χ0n) is 18.4. The number of amides is 3. The first-order valence-electron chi connectivity index (χ1n) is 10.4. The maximum Gasteiger partial charge on any atom is 0.322 e. The molecule has 184 valence electrons. The third-order valence-corrected chi connectivity index (χ3v) is 4.82. The molecule has 0 saturated carbocycles. The zero-order valence-corrected chi connectivity index (χ0v) is 18.4. The van der Waals surface area contributed by atoms with Crippen LogP contribution >= 0.6 is 0 Å². The number of hydrogen-bond acceptors (Lipinski definition) is 8. The number of benzene rings is 1. The van der Waals surface area contributed by atoms with E-state index in [9.17, 15) is 29.4 Å². The van der Waals surface area contributed by atoms with Gasteiger partial charge in [-0.1, -0.05) is 12.1 Å². The number of imidazole rings is 1. The van der Waals surface area contributed by atoms with E-state index >= 15 is 0 Å². The van der Waals surface area contributed by atoms with Crippen LogP contribution in [0.2, 0.25) is 0 Å². The number of aromatic nitrogens is 2. The van der Waals surface area contributed by atoms with Crippen LogP contribution in [0.4, 0.5) is 0 Å². The summed E-state index contributed by atoms with van der Waals surface area (Å²) in [5.74, 6) is -3.57. The minimum absolute atomic E-state index is 0.0211. The Bertz CT molecular complexity index is 978. The van der Waals surface area contributed by atoms with Gasteiger partial charge in [0.1, 0.15) is 24.4 Å². The van der Waals surface area contributed by atoms with Crippen molar-refractivity contribution in [3.63, 3.8) is 0 Å². The van der Waals surface area contributed by atoms with E-state index in [2.05, 4.69) is 25.9 Å². The Labute approximate surface area is 194 Å². The van der Waals surface area contributed by atoms with Gasteiger partial charge in [0.05, 0.1) is 18.5 Å². The molecule has 9 N–H and O–H groups in total. The highest BCUT2D eigenvalue weighted by molar-refractivity contribution is 5.94. The van der Waals surface area contributed by atoms with Crippen molar-refractivity contribution in [1.29, 1.82) is 0 Å². The summed E-state index contributed by atoms with van der Waals surface area (Å²) in [5.41, 5.74) is 7.19. The second kappa shape index (κ2) is 12.3. The number of aliphatic hydroxyl groups is 1. The van der Waals surface area contributed by atoms with Crippen molar-refractivity contribution in [3.05, 3.63) is 48.0 Å². The SMILES string of the molecule is CC(O)C(NC(=O)C(Cc1cnc[nH]1)NC(=O)C(N)Cc1ccc(O)cc1)C(=O)NCC(=O)O. The van der Waals surface area contributed by atoms with Gasteiger partial charge in [-0.05, 0) is 31.0 Å². The van der Waals surface area contributed by atoms with E-state index in [1.165, 1.54) is 31.6 Å². The van der Waals surface area contributed by atoms with Crippen LogP contribution in [0.15, 0.2) is 36.8 Å². The number of aliphatic hydroxyl groups excluding tert-OH is 1. The lowest BCUT2D eigenvalue weighted by molar-refractivity contribution is -0.139. The molecule has 0 bridgehead atoms. The molecule has 1 aromatic heterocycles. The first-order chi connectivity index (χ1) is 16.1. The van der Waals surface area contributed by atoms with Crippen molar-refractivity contribution in [1.82, 2.24) is 25.9 Å². The number of phenols is 1. The van der Waals surface area contributed by atoms with Crippen molar-refractivity contribution in [2.75, 3.05) is 6.54 Å². The molecule has 34 heavy (non-hydrogen) atoms. The number of phenolic OH excluding ortho intramolecular Hbond substituents is 1. The van der Waals surface area contributed by atoms with Crippen LogP contribution in [0.1, 0.15) is 18.2 Å². The molecule has 0 spiro atoms. The molecule has 1 heterocycles. The van der Waals surface area contributed by atoms with Crippen molar-refractivity contribution >= 4 is 23.7 Å². The summed E-state index contributed by atoms with van der Waals surface area (Å²) >= 11 is 0. The van der Waals surface area contributed by atoms with Gasteiger partial charge in [0.25, 0.3) is 0 Å². The van der Waals surface area contributed by atoms with E-state index in [4.69, 9.17) is 10.8 Å². The van der Waals surface area contributed by atoms with E-state index in [1.54, 1.807) is 12.1 Å². The quantitative estimate of drug-likeness (QED) is 0.166. The molecule has 2 rings (SSSR count). The Hall–Kier alpha value is -3.97. The smallest absolute Gasteiger partial charge is 0.322 e. The highest BCUT2D eigenvalue weighted by atomic mass is 16.4. The number of aliphatic carboxylic acids is 1. The maximum absolute atomic E-state index is 12.9. The Kier molecular flexibility index (Phi) is 9.52. The van der Waals surface area contributed by atoms with Crippen LogP contribution < -0.4 is 21.7 Å². The number of carbonyl (C=O) groups is 4. The molecule has 13 nitrogen and oxygen atoms in total. The minimum atomic E-state index is -1.46. The highest BCUT2D eigenvalue weighted by Crippen LogP contribution is 2.11. The second-order valence-corrected chi connectivity index (χ2v) is 7.66. The van der Waals surface area contributed by atoms with E-state index in [0.717, 1.165) is 0 Å². The predicted molar refractivity (Wildman–Crippen MR) is 118 cm³/mol. The zero-order chi connectivity index (χ0) is 25.3. The molecule has 0 aliphatic carbocycles. The van der Waals surface area contributed by atoms with E-state index in [0.29, 0.717) is 11.3 Å². The van der Waals surface area contributed by atoms with Gasteiger partial charge in [-0.25, -0.2) is 4.98 Å². The van der Waals surface area contributed by atoms with E-state index in [1.807, 2.05) is 0 Å². The van der Waals surface area contributed by atoms with Gasteiger partial charge in [0.2, 0.25) is 17.7 Å². The number of hydrogen-bond donors (Lipinski definition) is 8. The average molecular weight is 476 g/mol. The third-order valence-electron chi connectivity index (χ3n) is 4.82. The summed E-state index contributed by atoms with van der Waals surface area (Å²) in [6, 6.07) is 2.47. The lowest BCUT2D eigenvalue weighted by atomic mass is 10.0. The van der Waals surface area contributed by atoms with Crippen molar-refractivity contribution < 1.29 is 34.5 Å². The van der Waals surface area contributed by atoms with Crippen molar-refractivity contribution in [2.45, 2.75) is 44.0 Å². The molecule has 0 saturated heterocycles. The fourth-order valence-corrected chi connectivity index (χ4v) is 3.01. The summed E-state index contributed by atoms with van der Waals surface area (Å²) in [6.07, 6.45) is 1.61. The van der Waals surface area contributed by atoms with Gasteiger partial charge in [-0.2, -0.15) is 0 Å². The lowest BCUT2D eigenvalue weighted by Crippen LogP contribution is -2.59. The first-order valence-corrected chi connectivity index (χ1v) is 10.4. The molecule has 0 aliphatic rings. The van der Waals surface area contributed by atoms with Gasteiger partial charge in [-0.3, -0.25) is 19.2 Å². The van der Waals surface area contributed by atoms with E-state index < -0.39 is 54.5 Å². The summed E-state index contributed by atoms with van der Waals surface area (Å²) in [7, 11) is 0. The monoisotopic (exact) mass is 476 g/mol. The summed E-state index contributed by atoms with van der Waals surface area (Å²) < 4.78 is 0. The largest absolute Gasteiger partial charge is 0.508 e. The Morgan fingerprint density at radius 3 is 2.29 bits per heavy atom. The molecular weight excluding hydrogens is 448 g/mol. The van der Waals surface area contributed by atoms with Crippen LogP contribution in [-0.4, -0.2) is 79.8 Å². The van der Waals surface area contributed by atoms with Crippen molar-refractivity contribution in [3.8, 4) is 5.75 Å². The number of carboxylic acids is 1. The summed E-state index contributed by atoms with van der Waals surface area (Å²) in [5, 5.41) is 35.0. The summed E-state index contributed by atoms with van der Waals surface area (Å²) in [4.78, 5) is 55.2. The average Bonchev–Trinajstić information content (AvgIpc) is 3.29. The lowest BCUT2D eigenvalue weighted by Gasteiger charge is -2.25. The first kappa shape index (κ1) is 26.3. The Morgan fingerprint density at radius 1 is 1.06 bits per heavy atom. The molecular formula is C21H28N6O7. The topological polar surface area (TPSA) is 220 Å². The second-order valence-electron chi connectivity index (χ2n) is 7.66. The number of aromatic amines is 1. The van der Waals surface area contributed by atoms with Crippen LogP contribution in [0, 0.1) is 0 Å². The van der Waals surface area contributed by atoms with Crippen LogP contribution in [0.5, 0.6) is 5.75 Å². The molecule has 4 unspecified atom stereocenters. The van der Waals surface area contributed by atoms with Gasteiger partial charge in [-0.15, -0.1) is 0 Å². The normalized spacial score (nSPS) is 14.3. The molecule has 1 aromatic carbocycles. The van der Waals surface area contributed by atoms with Gasteiger partial charge < -0.3 is 42.0 Å². The van der Waals surface area contributed by atoms with Crippen LogP contribution in [-0.2, 0) is 32.0 Å². The maximum atomic E-state index is 12.9. The summed E-state index contributed by atoms with van der Waals surface area (Å²) in [6.45, 7) is 0.555. The van der Waals surface area contributed by atoms with Crippen molar-refractivity contribution in [2.24, 2.45) is 5.73 Å². The van der Waals surface area contributed by atoms with Crippen LogP contribution in [0.3, 0.4) is 0 Å². The fraction of sp³-hybridized carbons (Fsp3) is 0.381. The number of nitrogens with zero attached hydrogens (tertiary/aromatic N) is 1. The number of nitrogens with two attached hydrogens (primary N) is 1. The molecule has 0 radical (unpaired) electrons. The number of carboxylic acid groups (broad SMARTS) is 1. The number of nitrogens with one attached hydrogen (secondary N) is 4. The van der Waals surface area contributed by atoms with Gasteiger partial charge >= 0.3 is 5.97 Å². The highest BCUT2D eigenvalue weighted by Gasteiger charge is 2.31. The predicted octanol–water partition coefficient (Wildman–Crippen LogP) is -2.22. The molecule has 2 aromatic rings. The standard InChI is InChI=1S/C21H28N6O7/c1-11(28)18(21(34)24-9-17(30)31)27-20(33)16(7-13-8-23-10-25-13)26-19(32)15(22)6-12-2-4-14(29)5-3-12/h2-5,8,10-11,15-16,18,28-29H,6-7,9,22H2,1H3,(H,23,25)(H,24,34)(H,26,32)(H,27,33)(H,30,31). The third kappa shape index (κ3) is 8.18. The number of H-pyrrole nitrogens is 1. The number of rotatable bonds is 12.